The van der Waals surface area contributed by atoms with E-state index in [-0.39, 0.29) is 11.7 Å². The summed E-state index contributed by atoms with van der Waals surface area (Å²) >= 11 is 0. The number of ketones is 1. The van der Waals surface area contributed by atoms with Crippen LogP contribution in [0, 0.1) is 23.7 Å². The van der Waals surface area contributed by atoms with Gasteiger partial charge in [0.25, 0.3) is 0 Å². The second kappa shape index (κ2) is 4.58. The molecule has 0 aromatic rings. The number of allylic oxidation sites excluding steroid dienone is 2. The van der Waals surface area contributed by atoms with Crippen molar-refractivity contribution in [2.45, 2.75) is 40.0 Å². The number of nitrogens with zero attached hydrogens (tertiary/aromatic N) is 2. The van der Waals surface area contributed by atoms with Crippen LogP contribution in [0.4, 0.5) is 0 Å². The zero-order valence-corrected chi connectivity index (χ0v) is 10.8. The molecule has 0 aliphatic heterocycles. The molecule has 0 aromatic carbocycles. The molecule has 0 amide bonds. The minimum Gasteiger partial charge on any atom is -0.361 e. The maximum atomic E-state index is 12.3. The molecule has 0 spiro atoms. The van der Waals surface area contributed by atoms with Gasteiger partial charge in [-0.05, 0) is 37.5 Å². The van der Waals surface area contributed by atoms with Crippen LogP contribution in [0.3, 0.4) is 0 Å². The van der Waals surface area contributed by atoms with Crippen molar-refractivity contribution in [2.24, 2.45) is 23.7 Å². The van der Waals surface area contributed by atoms with E-state index in [1.807, 2.05) is 0 Å². The Kier molecular flexibility index (Phi) is 3.30. The topological polar surface area (TPSA) is 53.5 Å². The van der Waals surface area contributed by atoms with Crippen LogP contribution in [-0.4, -0.2) is 16.3 Å². The van der Waals surface area contributed by atoms with Gasteiger partial charge in [-0.25, -0.2) is 0 Å². The van der Waals surface area contributed by atoms with E-state index in [0.717, 1.165) is 12.8 Å². The van der Waals surface area contributed by atoms with Crippen molar-refractivity contribution in [1.29, 1.82) is 0 Å². The van der Waals surface area contributed by atoms with Gasteiger partial charge in [-0.3, -0.25) is 4.79 Å². The van der Waals surface area contributed by atoms with Crippen molar-refractivity contribution < 1.29 is 9.58 Å². The molecule has 3 nitrogen and oxygen atoms in total. The SMILES string of the molecule is CC1=CC[C@H](C(C)C)[C@H]2C(=O)C(=[N+]=[N-])CC[C@H]12. The van der Waals surface area contributed by atoms with E-state index in [1.165, 1.54) is 5.57 Å². The van der Waals surface area contributed by atoms with Gasteiger partial charge in [0.2, 0.25) is 5.78 Å². The summed E-state index contributed by atoms with van der Waals surface area (Å²) in [7, 11) is 0. The highest BCUT2D eigenvalue weighted by atomic mass is 16.1. The Hall–Kier alpha value is -1.21. The van der Waals surface area contributed by atoms with E-state index in [4.69, 9.17) is 5.53 Å². The van der Waals surface area contributed by atoms with Crippen LogP contribution in [0.15, 0.2) is 11.6 Å². The monoisotopic (exact) mass is 232 g/mol. The van der Waals surface area contributed by atoms with E-state index in [1.54, 1.807) is 0 Å². The third-order valence-electron chi connectivity index (χ3n) is 4.45. The van der Waals surface area contributed by atoms with Crippen molar-refractivity contribution >= 4 is 11.5 Å². The average Bonchev–Trinajstić information content (AvgIpc) is 2.30. The molecule has 0 radical (unpaired) electrons. The molecule has 0 unspecified atom stereocenters. The van der Waals surface area contributed by atoms with Crippen LogP contribution < -0.4 is 0 Å². The molecule has 3 atom stereocenters. The molecule has 0 saturated heterocycles. The Morgan fingerprint density at radius 3 is 2.76 bits per heavy atom. The number of carbonyl (C=O) groups is 1. The van der Waals surface area contributed by atoms with E-state index < -0.39 is 0 Å². The number of Topliss-reactive ketones (excluding diaryl/α,β-unsaturated/α-hetero) is 1. The summed E-state index contributed by atoms with van der Waals surface area (Å²) in [6.07, 6.45) is 4.84. The lowest BCUT2D eigenvalue weighted by molar-refractivity contribution is -0.126. The van der Waals surface area contributed by atoms with Gasteiger partial charge in [0, 0.05) is 5.92 Å². The Balaban J connectivity index is 2.38. The molecule has 92 valence electrons. The van der Waals surface area contributed by atoms with Gasteiger partial charge in [0.05, 0.1) is 6.42 Å². The fourth-order valence-electron chi connectivity index (χ4n) is 3.38. The molecule has 2 rings (SSSR count). The Bertz CT molecular complexity index is 416. The second-order valence-corrected chi connectivity index (χ2v) is 5.67. The van der Waals surface area contributed by atoms with Crippen LogP contribution in [0.2, 0.25) is 0 Å². The van der Waals surface area contributed by atoms with Gasteiger partial charge in [-0.15, -0.1) is 0 Å². The number of fused-ring (bicyclic) bond motifs is 1. The maximum absolute atomic E-state index is 12.3. The molecule has 1 saturated carbocycles. The van der Waals surface area contributed by atoms with Gasteiger partial charge < -0.3 is 5.53 Å². The first-order valence-electron chi connectivity index (χ1n) is 6.48. The quantitative estimate of drug-likeness (QED) is 0.389. The van der Waals surface area contributed by atoms with Crippen LogP contribution in [-0.2, 0) is 4.79 Å². The van der Waals surface area contributed by atoms with Gasteiger partial charge in [0.1, 0.15) is 0 Å². The summed E-state index contributed by atoms with van der Waals surface area (Å²) in [4.78, 5) is 15.5. The van der Waals surface area contributed by atoms with Crippen molar-refractivity contribution in [2.75, 3.05) is 0 Å². The normalized spacial score (nSPS) is 33.2. The van der Waals surface area contributed by atoms with Crippen molar-refractivity contribution in [3.63, 3.8) is 0 Å². The largest absolute Gasteiger partial charge is 0.361 e. The summed E-state index contributed by atoms with van der Waals surface area (Å²) < 4.78 is 0. The minimum absolute atomic E-state index is 0.0413. The first kappa shape index (κ1) is 12.3. The van der Waals surface area contributed by atoms with E-state index in [2.05, 4.69) is 31.6 Å². The first-order valence-corrected chi connectivity index (χ1v) is 6.48. The predicted molar refractivity (Wildman–Crippen MR) is 66.5 cm³/mol. The van der Waals surface area contributed by atoms with Crippen LogP contribution in [0.25, 0.3) is 5.53 Å². The summed E-state index contributed by atoms with van der Waals surface area (Å²) in [5.74, 6) is 1.38. The molecule has 3 heteroatoms. The van der Waals surface area contributed by atoms with Crippen molar-refractivity contribution in [3.05, 3.63) is 17.2 Å². The number of rotatable bonds is 1. The van der Waals surface area contributed by atoms with Crippen LogP contribution in [0.5, 0.6) is 0 Å². The minimum atomic E-state index is 0.0413. The fraction of sp³-hybridized carbons (Fsp3) is 0.714. The lowest BCUT2D eigenvalue weighted by Crippen LogP contribution is -2.44. The molecular formula is C14H20N2O. The molecule has 1 fully saturated rings. The zero-order valence-electron chi connectivity index (χ0n) is 10.8. The molecule has 0 heterocycles. The molecule has 0 aromatic heterocycles. The summed E-state index contributed by atoms with van der Waals surface area (Å²) in [6.45, 7) is 6.48. The average molecular weight is 232 g/mol. The van der Waals surface area contributed by atoms with E-state index in [9.17, 15) is 4.79 Å². The molecule has 0 bridgehead atoms. The molecule has 2 aliphatic rings. The highest BCUT2D eigenvalue weighted by Gasteiger charge is 2.46. The van der Waals surface area contributed by atoms with Gasteiger partial charge >= 0.3 is 5.71 Å². The number of hydrogen-bond donors (Lipinski definition) is 0. The molecule has 2 aliphatic carbocycles. The molecule has 17 heavy (non-hydrogen) atoms. The predicted octanol–water partition coefficient (Wildman–Crippen LogP) is 2.87. The van der Waals surface area contributed by atoms with Crippen molar-refractivity contribution in [3.8, 4) is 0 Å². The van der Waals surface area contributed by atoms with E-state index in [0.29, 0.717) is 29.9 Å². The molecule has 0 N–H and O–H groups in total. The smallest absolute Gasteiger partial charge is 0.334 e. The Morgan fingerprint density at radius 1 is 1.47 bits per heavy atom. The number of carbonyl (C=O) groups excluding carboxylic acids is 1. The Labute approximate surface area is 103 Å². The van der Waals surface area contributed by atoms with Gasteiger partial charge in [-0.1, -0.05) is 25.5 Å². The van der Waals surface area contributed by atoms with Crippen molar-refractivity contribution in [1.82, 2.24) is 0 Å². The maximum Gasteiger partial charge on any atom is 0.334 e. The standard InChI is InChI=1S/C14H20N2O/c1-8(2)10-5-4-9(3)11-6-7-12(16-15)14(17)13(10)11/h4,8,10-11,13H,5-7H2,1-3H3/t10-,11-,13-/m1/s1. The Morgan fingerprint density at radius 2 is 2.18 bits per heavy atom. The fourth-order valence-corrected chi connectivity index (χ4v) is 3.38. The lowest BCUT2D eigenvalue weighted by Gasteiger charge is -2.40. The second-order valence-electron chi connectivity index (χ2n) is 5.67. The summed E-state index contributed by atoms with van der Waals surface area (Å²) in [5, 5.41) is 0. The van der Waals surface area contributed by atoms with Gasteiger partial charge in [0.15, 0.2) is 0 Å². The summed E-state index contributed by atoms with van der Waals surface area (Å²) in [6, 6.07) is 0. The summed E-state index contributed by atoms with van der Waals surface area (Å²) in [5.41, 5.74) is 10.6. The zero-order chi connectivity index (χ0) is 12.6. The highest BCUT2D eigenvalue weighted by molar-refractivity contribution is 6.39. The van der Waals surface area contributed by atoms with Gasteiger partial charge in [-0.2, -0.15) is 4.79 Å². The van der Waals surface area contributed by atoms with Crippen LogP contribution >= 0.6 is 0 Å². The number of hydrogen-bond acceptors (Lipinski definition) is 1. The molecular weight excluding hydrogens is 212 g/mol. The third kappa shape index (κ3) is 2.00. The third-order valence-corrected chi connectivity index (χ3v) is 4.45. The highest BCUT2D eigenvalue weighted by Crippen LogP contribution is 2.43. The van der Waals surface area contributed by atoms with Crippen LogP contribution in [0.1, 0.15) is 40.0 Å². The first-order chi connectivity index (χ1) is 8.06. The lowest BCUT2D eigenvalue weighted by atomic mass is 9.62. The van der Waals surface area contributed by atoms with E-state index >= 15 is 0 Å².